The molecule has 1 aromatic rings. The fourth-order valence-electron chi connectivity index (χ4n) is 1.06. The molecular weight excluding hydrogens is 339 g/mol. The minimum atomic E-state index is -4.22. The van der Waals surface area contributed by atoms with E-state index in [-0.39, 0.29) is 0 Å². The van der Waals surface area contributed by atoms with Crippen molar-refractivity contribution in [1.29, 1.82) is 0 Å². The van der Waals surface area contributed by atoms with Gasteiger partial charge in [-0.15, -0.1) is 0 Å². The van der Waals surface area contributed by atoms with Gasteiger partial charge in [0.2, 0.25) is 0 Å². The first kappa shape index (κ1) is 12.8. The van der Waals surface area contributed by atoms with Crippen molar-refractivity contribution in [2.75, 3.05) is 11.9 Å². The van der Waals surface area contributed by atoms with Gasteiger partial charge in [0.1, 0.15) is 6.54 Å². The number of rotatable bonds is 2. The van der Waals surface area contributed by atoms with E-state index in [0.29, 0.717) is 14.6 Å². The van der Waals surface area contributed by atoms with E-state index < -0.39 is 12.7 Å². The molecule has 0 atom stereocenters. The van der Waals surface area contributed by atoms with E-state index in [4.69, 9.17) is 0 Å². The van der Waals surface area contributed by atoms with Crippen LogP contribution in [0, 0.1) is 6.92 Å². The molecule has 1 aromatic carbocycles. The summed E-state index contributed by atoms with van der Waals surface area (Å²) in [6.07, 6.45) is -4.22. The van der Waals surface area contributed by atoms with Gasteiger partial charge in [-0.3, -0.25) is 0 Å². The Morgan fingerprint density at radius 3 is 2.07 bits per heavy atom. The Morgan fingerprint density at radius 2 is 1.67 bits per heavy atom. The Kier molecular flexibility index (Phi) is 4.06. The number of anilines is 1. The average molecular weight is 347 g/mol. The lowest BCUT2D eigenvalue weighted by atomic mass is 10.2. The van der Waals surface area contributed by atoms with Crippen molar-refractivity contribution in [1.82, 2.24) is 0 Å². The van der Waals surface area contributed by atoms with Gasteiger partial charge in [0.15, 0.2) is 0 Å². The van der Waals surface area contributed by atoms with Crippen molar-refractivity contribution in [3.63, 3.8) is 0 Å². The van der Waals surface area contributed by atoms with Crippen molar-refractivity contribution >= 4 is 37.5 Å². The van der Waals surface area contributed by atoms with E-state index >= 15 is 0 Å². The van der Waals surface area contributed by atoms with Crippen LogP contribution >= 0.6 is 31.9 Å². The number of nitrogens with one attached hydrogen (secondary N) is 1. The predicted octanol–water partition coefficient (Wildman–Crippen LogP) is 4.49. The summed E-state index contributed by atoms with van der Waals surface area (Å²) in [5.74, 6) is 0. The topological polar surface area (TPSA) is 12.0 Å². The van der Waals surface area contributed by atoms with E-state index in [9.17, 15) is 13.2 Å². The van der Waals surface area contributed by atoms with Crippen LogP contribution in [0.4, 0.5) is 18.9 Å². The normalized spacial score (nSPS) is 11.6. The Balaban J connectivity index is 2.86. The highest BCUT2D eigenvalue weighted by Gasteiger charge is 2.27. The highest BCUT2D eigenvalue weighted by molar-refractivity contribution is 9.11. The lowest BCUT2D eigenvalue weighted by molar-refractivity contribution is -0.115. The summed E-state index contributed by atoms with van der Waals surface area (Å²) in [4.78, 5) is 0. The lowest BCUT2D eigenvalue weighted by Gasteiger charge is -2.13. The molecule has 84 valence electrons. The van der Waals surface area contributed by atoms with Crippen LogP contribution in [-0.2, 0) is 0 Å². The van der Waals surface area contributed by atoms with Crippen LogP contribution in [0.3, 0.4) is 0 Å². The van der Waals surface area contributed by atoms with Crippen LogP contribution in [0.5, 0.6) is 0 Å². The number of alkyl halides is 3. The Labute approximate surface area is 102 Å². The van der Waals surface area contributed by atoms with Gasteiger partial charge in [-0.2, -0.15) is 13.2 Å². The molecule has 1 N–H and O–H groups in total. The van der Waals surface area contributed by atoms with Gasteiger partial charge < -0.3 is 5.32 Å². The molecule has 0 radical (unpaired) electrons. The van der Waals surface area contributed by atoms with Crippen molar-refractivity contribution in [2.24, 2.45) is 0 Å². The maximum atomic E-state index is 12.0. The molecular formula is C9H8Br2F3N. The third kappa shape index (κ3) is 4.03. The van der Waals surface area contributed by atoms with Gasteiger partial charge in [0.25, 0.3) is 0 Å². The molecule has 0 bridgehead atoms. The number of hydrogen-bond donors (Lipinski definition) is 1. The average Bonchev–Trinajstić information content (AvgIpc) is 1.99. The van der Waals surface area contributed by atoms with Gasteiger partial charge in [0, 0.05) is 8.95 Å². The SMILES string of the molecule is Cc1cc(Br)c(NCC(F)(F)F)c(Br)c1. The molecule has 0 aliphatic carbocycles. The summed E-state index contributed by atoms with van der Waals surface area (Å²) in [5, 5.41) is 2.33. The zero-order chi connectivity index (χ0) is 11.6. The Bertz CT molecular complexity index is 340. The lowest BCUT2D eigenvalue weighted by Crippen LogP contribution is -2.21. The largest absolute Gasteiger partial charge is 0.405 e. The van der Waals surface area contributed by atoms with Gasteiger partial charge in [0.05, 0.1) is 5.69 Å². The fraction of sp³-hybridized carbons (Fsp3) is 0.333. The summed E-state index contributed by atoms with van der Waals surface area (Å²) in [7, 11) is 0. The molecule has 1 nitrogen and oxygen atoms in total. The van der Waals surface area contributed by atoms with Crippen LogP contribution in [0.1, 0.15) is 5.56 Å². The van der Waals surface area contributed by atoms with Crippen molar-refractivity contribution in [3.05, 3.63) is 26.6 Å². The summed E-state index contributed by atoms with van der Waals surface area (Å²) < 4.78 is 37.2. The van der Waals surface area contributed by atoms with Crippen LogP contribution in [0.15, 0.2) is 21.1 Å². The molecule has 0 aromatic heterocycles. The quantitative estimate of drug-likeness (QED) is 0.831. The summed E-state index contributed by atoms with van der Waals surface area (Å²) >= 11 is 6.41. The van der Waals surface area contributed by atoms with Gasteiger partial charge in [-0.05, 0) is 56.5 Å². The summed E-state index contributed by atoms with van der Waals surface area (Å²) in [6.45, 7) is 0.816. The molecule has 0 amide bonds. The maximum absolute atomic E-state index is 12.0. The third-order valence-corrected chi connectivity index (χ3v) is 2.90. The van der Waals surface area contributed by atoms with Crippen LogP contribution in [0.2, 0.25) is 0 Å². The van der Waals surface area contributed by atoms with E-state index in [2.05, 4.69) is 37.2 Å². The first-order valence-electron chi connectivity index (χ1n) is 4.06. The zero-order valence-electron chi connectivity index (χ0n) is 7.75. The molecule has 0 spiro atoms. The Morgan fingerprint density at radius 1 is 1.20 bits per heavy atom. The Hall–Kier alpha value is -0.230. The van der Waals surface area contributed by atoms with Crippen molar-refractivity contribution in [3.8, 4) is 0 Å². The predicted molar refractivity (Wildman–Crippen MR) is 61.1 cm³/mol. The highest BCUT2D eigenvalue weighted by Crippen LogP contribution is 2.33. The molecule has 1 rings (SSSR count). The van der Waals surface area contributed by atoms with Crippen molar-refractivity contribution in [2.45, 2.75) is 13.1 Å². The first-order valence-corrected chi connectivity index (χ1v) is 5.64. The first-order chi connectivity index (χ1) is 6.79. The molecule has 6 heteroatoms. The minimum absolute atomic E-state index is 0.415. The molecule has 0 aliphatic heterocycles. The molecule has 15 heavy (non-hydrogen) atoms. The second kappa shape index (κ2) is 4.74. The van der Waals surface area contributed by atoms with E-state index in [1.54, 1.807) is 12.1 Å². The third-order valence-electron chi connectivity index (χ3n) is 1.65. The smallest absolute Gasteiger partial charge is 0.375 e. The van der Waals surface area contributed by atoms with Gasteiger partial charge in [-0.25, -0.2) is 0 Å². The molecule has 0 aliphatic rings. The second-order valence-electron chi connectivity index (χ2n) is 3.07. The van der Waals surface area contributed by atoms with Gasteiger partial charge >= 0.3 is 6.18 Å². The fourth-order valence-corrected chi connectivity index (χ4v) is 2.75. The minimum Gasteiger partial charge on any atom is -0.375 e. The van der Waals surface area contributed by atoms with E-state index in [1.165, 1.54) is 0 Å². The number of halogens is 5. The van der Waals surface area contributed by atoms with Crippen LogP contribution in [0.25, 0.3) is 0 Å². The number of benzene rings is 1. The second-order valence-corrected chi connectivity index (χ2v) is 4.78. The van der Waals surface area contributed by atoms with Crippen molar-refractivity contribution < 1.29 is 13.2 Å². The summed E-state index contributed by atoms with van der Waals surface area (Å²) in [6, 6.07) is 3.51. The monoisotopic (exact) mass is 345 g/mol. The molecule has 0 saturated carbocycles. The van der Waals surface area contributed by atoms with E-state index in [0.717, 1.165) is 5.56 Å². The number of aryl methyl sites for hydroxylation is 1. The van der Waals surface area contributed by atoms with E-state index in [1.807, 2.05) is 6.92 Å². The molecule has 0 unspecified atom stereocenters. The summed E-state index contributed by atoms with van der Waals surface area (Å²) in [5.41, 5.74) is 1.38. The maximum Gasteiger partial charge on any atom is 0.405 e. The number of hydrogen-bond acceptors (Lipinski definition) is 1. The highest BCUT2D eigenvalue weighted by atomic mass is 79.9. The molecule has 0 saturated heterocycles. The van der Waals surface area contributed by atoms with Crippen LogP contribution < -0.4 is 5.32 Å². The molecule has 0 fully saturated rings. The zero-order valence-corrected chi connectivity index (χ0v) is 10.9. The van der Waals surface area contributed by atoms with Crippen LogP contribution in [-0.4, -0.2) is 12.7 Å². The molecule has 0 heterocycles. The van der Waals surface area contributed by atoms with Gasteiger partial charge in [-0.1, -0.05) is 0 Å². The standard InChI is InChI=1S/C9H8Br2F3N/c1-5-2-6(10)8(7(11)3-5)15-4-9(12,13)14/h2-3,15H,4H2,1H3.